The minimum Gasteiger partial charge on any atom is -0.508 e. The number of phenolic OH excluding ortho intramolecular Hbond substituents is 1. The zero-order valence-electron chi connectivity index (χ0n) is 19.6. The van der Waals surface area contributed by atoms with Crippen molar-refractivity contribution >= 4 is 42.2 Å². The first-order chi connectivity index (χ1) is 16.3. The highest BCUT2D eigenvalue weighted by molar-refractivity contribution is 7.80. The third kappa shape index (κ3) is 10.6. The highest BCUT2D eigenvalue weighted by Crippen LogP contribution is 2.12. The number of carboxylic acids is 1. The molecule has 4 atom stereocenters. The Hall–Kier alpha value is -3.32. The maximum absolute atomic E-state index is 13.0. The van der Waals surface area contributed by atoms with Crippen LogP contribution >= 0.6 is 12.6 Å². The van der Waals surface area contributed by atoms with Crippen LogP contribution in [0.1, 0.15) is 32.3 Å². The van der Waals surface area contributed by atoms with Gasteiger partial charge in [0.25, 0.3) is 0 Å². The summed E-state index contributed by atoms with van der Waals surface area (Å²) in [6.45, 7) is 3.61. The monoisotopic (exact) mass is 511 g/mol. The highest BCUT2D eigenvalue weighted by atomic mass is 32.1. The van der Waals surface area contributed by atoms with Crippen molar-refractivity contribution in [1.29, 1.82) is 0 Å². The normalized spacial score (nSPS) is 14.3. The fourth-order valence-electron chi connectivity index (χ4n) is 3.10. The summed E-state index contributed by atoms with van der Waals surface area (Å²) in [4.78, 5) is 60.7. The predicted octanol–water partition coefficient (Wildman–Crippen LogP) is -1.35. The quantitative estimate of drug-likeness (QED) is 0.139. The molecule has 0 spiro atoms. The van der Waals surface area contributed by atoms with Gasteiger partial charge >= 0.3 is 5.97 Å². The molecule has 12 nitrogen and oxygen atoms in total. The number of benzene rings is 1. The summed E-state index contributed by atoms with van der Waals surface area (Å²) in [5, 5.41) is 26.1. The first-order valence-electron chi connectivity index (χ1n) is 10.9. The average molecular weight is 512 g/mol. The van der Waals surface area contributed by atoms with E-state index in [4.69, 9.17) is 11.5 Å². The second kappa shape index (κ2) is 14.2. The summed E-state index contributed by atoms with van der Waals surface area (Å²) >= 11 is 4.08. The molecule has 0 radical (unpaired) electrons. The third-order valence-electron chi connectivity index (χ3n) is 4.90. The van der Waals surface area contributed by atoms with E-state index in [1.165, 1.54) is 24.3 Å². The van der Waals surface area contributed by atoms with Gasteiger partial charge in [-0.15, -0.1) is 0 Å². The van der Waals surface area contributed by atoms with Crippen LogP contribution in [0.5, 0.6) is 5.75 Å². The number of phenols is 1. The highest BCUT2D eigenvalue weighted by Gasteiger charge is 2.30. The maximum atomic E-state index is 13.0. The van der Waals surface area contributed by atoms with E-state index in [2.05, 4.69) is 28.6 Å². The van der Waals surface area contributed by atoms with Crippen molar-refractivity contribution < 1.29 is 34.2 Å². The molecule has 13 heteroatoms. The lowest BCUT2D eigenvalue weighted by Crippen LogP contribution is -2.58. The largest absolute Gasteiger partial charge is 0.508 e. The van der Waals surface area contributed by atoms with Crippen molar-refractivity contribution in [2.24, 2.45) is 17.4 Å². The number of carboxylic acid groups (broad SMARTS) is 1. The number of nitrogens with two attached hydrogens (primary N) is 2. The molecule has 1 rings (SSSR count). The number of amides is 4. The number of hydrogen-bond donors (Lipinski definition) is 8. The molecule has 194 valence electrons. The van der Waals surface area contributed by atoms with Gasteiger partial charge in [0.1, 0.15) is 23.9 Å². The van der Waals surface area contributed by atoms with Gasteiger partial charge in [-0.3, -0.25) is 19.2 Å². The molecular weight excluding hydrogens is 478 g/mol. The Morgan fingerprint density at radius 3 is 1.91 bits per heavy atom. The van der Waals surface area contributed by atoms with Crippen LogP contribution in [-0.4, -0.2) is 69.7 Å². The van der Waals surface area contributed by atoms with Gasteiger partial charge in [0.05, 0.1) is 12.5 Å². The van der Waals surface area contributed by atoms with Gasteiger partial charge in [0.2, 0.25) is 23.6 Å². The van der Waals surface area contributed by atoms with E-state index in [1.54, 1.807) is 13.8 Å². The van der Waals surface area contributed by atoms with Gasteiger partial charge in [-0.05, 0) is 30.0 Å². The van der Waals surface area contributed by atoms with Gasteiger partial charge in [-0.2, -0.15) is 12.6 Å². The summed E-state index contributed by atoms with van der Waals surface area (Å²) in [5.41, 5.74) is 11.3. The Morgan fingerprint density at radius 1 is 0.914 bits per heavy atom. The number of rotatable bonds is 14. The lowest BCUT2D eigenvalue weighted by Gasteiger charge is -2.25. The van der Waals surface area contributed by atoms with Crippen LogP contribution in [-0.2, 0) is 30.4 Å². The molecule has 9 N–H and O–H groups in total. The smallest absolute Gasteiger partial charge is 0.326 e. The zero-order chi connectivity index (χ0) is 26.7. The van der Waals surface area contributed by atoms with Crippen molar-refractivity contribution in [2.75, 3.05) is 5.75 Å². The van der Waals surface area contributed by atoms with Crippen molar-refractivity contribution in [3.05, 3.63) is 29.8 Å². The summed E-state index contributed by atoms with van der Waals surface area (Å²) < 4.78 is 0. The minimum absolute atomic E-state index is 0.00320. The van der Waals surface area contributed by atoms with Gasteiger partial charge in [-0.25, -0.2) is 4.79 Å². The standard InChI is InChI=1S/C22H33N5O7S/c1-11(2)7-16(22(33)34)26-21(32)17(10-35)27-20(31)15(8-12-3-5-13(28)6-4-12)25-19(30)14(23)9-18(24)29/h3-6,11,14-17,28,35H,7-10,23H2,1-2H3,(H2,24,29)(H,25,30)(H,26,32)(H,27,31)(H,33,34). The van der Waals surface area contributed by atoms with Crippen molar-refractivity contribution in [3.8, 4) is 5.75 Å². The van der Waals surface area contributed by atoms with Crippen LogP contribution in [0, 0.1) is 5.92 Å². The first-order valence-corrected chi connectivity index (χ1v) is 11.5. The van der Waals surface area contributed by atoms with E-state index >= 15 is 0 Å². The number of carbonyl (C=O) groups excluding carboxylic acids is 4. The number of aliphatic carboxylic acids is 1. The summed E-state index contributed by atoms with van der Waals surface area (Å²) in [6, 6.07) is 1.02. The lowest BCUT2D eigenvalue weighted by atomic mass is 10.0. The molecule has 0 aliphatic carbocycles. The second-order valence-electron chi connectivity index (χ2n) is 8.48. The molecule has 0 saturated heterocycles. The van der Waals surface area contributed by atoms with Crippen LogP contribution in [0.4, 0.5) is 0 Å². The summed E-state index contributed by atoms with van der Waals surface area (Å²) in [7, 11) is 0. The number of nitrogens with one attached hydrogen (secondary N) is 3. The molecule has 4 amide bonds. The number of hydrogen-bond acceptors (Lipinski definition) is 8. The van der Waals surface area contributed by atoms with Crippen LogP contribution in [0.25, 0.3) is 0 Å². The molecule has 0 saturated carbocycles. The molecule has 1 aromatic rings. The molecular formula is C22H33N5O7S. The predicted molar refractivity (Wildman–Crippen MR) is 130 cm³/mol. The Labute approximate surface area is 208 Å². The third-order valence-corrected chi connectivity index (χ3v) is 5.27. The molecule has 0 aliphatic heterocycles. The van der Waals surface area contributed by atoms with E-state index in [9.17, 15) is 34.2 Å². The van der Waals surface area contributed by atoms with Crippen molar-refractivity contribution in [3.63, 3.8) is 0 Å². The van der Waals surface area contributed by atoms with E-state index < -0.39 is 60.2 Å². The molecule has 35 heavy (non-hydrogen) atoms. The Kier molecular flexibility index (Phi) is 12.0. The molecule has 0 heterocycles. The van der Waals surface area contributed by atoms with Gasteiger partial charge < -0.3 is 37.6 Å². The SMILES string of the molecule is CC(C)CC(NC(=O)C(CS)NC(=O)C(Cc1ccc(O)cc1)NC(=O)C(N)CC(N)=O)C(=O)O. The fraction of sp³-hybridized carbons (Fsp3) is 0.500. The van der Waals surface area contributed by atoms with Crippen LogP contribution in [0.15, 0.2) is 24.3 Å². The van der Waals surface area contributed by atoms with Gasteiger partial charge in [-0.1, -0.05) is 26.0 Å². The number of carbonyl (C=O) groups is 5. The van der Waals surface area contributed by atoms with Crippen LogP contribution in [0.3, 0.4) is 0 Å². The molecule has 0 aliphatic rings. The number of thiol groups is 1. The van der Waals surface area contributed by atoms with E-state index in [0.717, 1.165) is 0 Å². The van der Waals surface area contributed by atoms with E-state index in [-0.39, 0.29) is 30.3 Å². The van der Waals surface area contributed by atoms with Gasteiger partial charge in [0.15, 0.2) is 0 Å². The van der Waals surface area contributed by atoms with E-state index in [0.29, 0.717) is 5.56 Å². The van der Waals surface area contributed by atoms with Crippen molar-refractivity contribution in [2.45, 2.75) is 57.3 Å². The van der Waals surface area contributed by atoms with E-state index in [1.807, 2.05) is 0 Å². The molecule has 4 unspecified atom stereocenters. The summed E-state index contributed by atoms with van der Waals surface area (Å²) in [6.07, 6.45) is -0.285. The van der Waals surface area contributed by atoms with Crippen LogP contribution in [0.2, 0.25) is 0 Å². The molecule has 0 bridgehead atoms. The Bertz CT molecular complexity index is 910. The molecule has 1 aromatic carbocycles. The zero-order valence-corrected chi connectivity index (χ0v) is 20.5. The Morgan fingerprint density at radius 2 is 1.43 bits per heavy atom. The molecule has 0 aromatic heterocycles. The minimum atomic E-state index is -1.29. The fourth-order valence-corrected chi connectivity index (χ4v) is 3.35. The second-order valence-corrected chi connectivity index (χ2v) is 8.85. The topological polar surface area (TPSA) is 214 Å². The maximum Gasteiger partial charge on any atom is 0.326 e. The summed E-state index contributed by atoms with van der Waals surface area (Å²) in [5.74, 6) is -4.47. The Balaban J connectivity index is 3.02. The van der Waals surface area contributed by atoms with Crippen molar-refractivity contribution in [1.82, 2.24) is 16.0 Å². The molecule has 0 fully saturated rings. The lowest BCUT2D eigenvalue weighted by molar-refractivity contribution is -0.142. The first kappa shape index (κ1) is 29.7. The number of aromatic hydroxyl groups is 1. The van der Waals surface area contributed by atoms with Crippen LogP contribution < -0.4 is 27.4 Å². The van der Waals surface area contributed by atoms with Gasteiger partial charge in [0, 0.05) is 12.2 Å². The average Bonchev–Trinajstić information content (AvgIpc) is 2.76. The number of primary amides is 1.